The van der Waals surface area contributed by atoms with Crippen molar-refractivity contribution in [2.45, 2.75) is 39.7 Å². The molecule has 0 aromatic carbocycles. The van der Waals surface area contributed by atoms with Gasteiger partial charge in [0.05, 0.1) is 13.2 Å². The summed E-state index contributed by atoms with van der Waals surface area (Å²) in [5, 5.41) is 3.27. The highest BCUT2D eigenvalue weighted by Gasteiger charge is 2.06. The van der Waals surface area contributed by atoms with Crippen LogP contribution in [0.3, 0.4) is 0 Å². The van der Waals surface area contributed by atoms with Crippen molar-refractivity contribution in [3.8, 4) is 11.8 Å². The molecule has 0 aromatic rings. The molecule has 0 bridgehead atoms. The molecule has 0 saturated heterocycles. The first-order chi connectivity index (χ1) is 7.99. The molecule has 0 amide bonds. The van der Waals surface area contributed by atoms with Crippen molar-refractivity contribution in [1.29, 1.82) is 0 Å². The largest absolute Gasteiger partial charge is 0.382 e. The summed E-state index contributed by atoms with van der Waals surface area (Å²) in [5.41, 5.74) is 0.0905. The molecule has 100 valence electrons. The zero-order chi connectivity index (χ0) is 13.1. The van der Waals surface area contributed by atoms with Gasteiger partial charge in [0.2, 0.25) is 0 Å². The molecule has 17 heavy (non-hydrogen) atoms. The van der Waals surface area contributed by atoms with Crippen molar-refractivity contribution in [3.05, 3.63) is 0 Å². The molecular weight excluding hydrogens is 214 g/mol. The van der Waals surface area contributed by atoms with E-state index < -0.39 is 0 Å². The van der Waals surface area contributed by atoms with Crippen LogP contribution >= 0.6 is 0 Å². The van der Waals surface area contributed by atoms with E-state index in [9.17, 15) is 0 Å². The topological polar surface area (TPSA) is 30.5 Å². The normalized spacial score (nSPS) is 13.0. The Kier molecular flexibility index (Phi) is 9.16. The van der Waals surface area contributed by atoms with Gasteiger partial charge in [-0.25, -0.2) is 0 Å². The highest BCUT2D eigenvalue weighted by Crippen LogP contribution is 2.10. The Labute approximate surface area is 106 Å². The van der Waals surface area contributed by atoms with Crippen molar-refractivity contribution >= 4 is 0 Å². The fourth-order valence-electron chi connectivity index (χ4n) is 1.26. The van der Waals surface area contributed by atoms with Crippen LogP contribution in [-0.2, 0) is 9.47 Å². The van der Waals surface area contributed by atoms with Crippen molar-refractivity contribution in [2.24, 2.45) is 5.41 Å². The molecule has 0 fully saturated rings. The van der Waals surface area contributed by atoms with Gasteiger partial charge in [-0.15, -0.1) is 5.92 Å². The van der Waals surface area contributed by atoms with Gasteiger partial charge in [-0.2, -0.15) is 0 Å². The van der Waals surface area contributed by atoms with E-state index >= 15 is 0 Å². The Bertz CT molecular complexity index is 235. The van der Waals surface area contributed by atoms with E-state index in [-0.39, 0.29) is 5.41 Å². The Balaban J connectivity index is 3.72. The van der Waals surface area contributed by atoms with Crippen LogP contribution in [0.5, 0.6) is 0 Å². The molecule has 1 N–H and O–H groups in total. The minimum absolute atomic E-state index is 0.0905. The molecule has 1 unspecified atom stereocenters. The zero-order valence-electron chi connectivity index (χ0n) is 11.9. The van der Waals surface area contributed by atoms with Crippen LogP contribution in [0.25, 0.3) is 0 Å². The molecule has 0 aliphatic carbocycles. The SMILES string of the molecule is CNC(CC#CC(C)(C)C)CCOCCOC. The smallest absolute Gasteiger partial charge is 0.0700 e. The van der Waals surface area contributed by atoms with Gasteiger partial charge in [0, 0.05) is 31.6 Å². The summed E-state index contributed by atoms with van der Waals surface area (Å²) in [4.78, 5) is 0. The number of methoxy groups -OCH3 is 1. The van der Waals surface area contributed by atoms with Crippen LogP contribution in [-0.4, -0.2) is 40.0 Å². The highest BCUT2D eigenvalue weighted by atomic mass is 16.5. The maximum atomic E-state index is 5.44. The van der Waals surface area contributed by atoms with Gasteiger partial charge in [-0.3, -0.25) is 0 Å². The minimum atomic E-state index is 0.0905. The molecule has 0 saturated carbocycles. The monoisotopic (exact) mass is 241 g/mol. The van der Waals surface area contributed by atoms with Crippen LogP contribution in [0.4, 0.5) is 0 Å². The molecule has 1 atom stereocenters. The molecule has 0 heterocycles. The summed E-state index contributed by atoms with van der Waals surface area (Å²) in [6, 6.07) is 0.410. The standard InChI is InChI=1S/C14H27NO2/c1-14(2,3)9-6-7-13(15-4)8-10-17-12-11-16-5/h13,15H,7-8,10-12H2,1-5H3. The first-order valence-electron chi connectivity index (χ1n) is 6.23. The van der Waals surface area contributed by atoms with E-state index in [1.807, 2.05) is 7.05 Å². The summed E-state index contributed by atoms with van der Waals surface area (Å²) in [6.45, 7) is 8.47. The lowest BCUT2D eigenvalue weighted by Crippen LogP contribution is -2.26. The zero-order valence-corrected chi connectivity index (χ0v) is 11.9. The molecular formula is C14H27NO2. The van der Waals surface area contributed by atoms with E-state index in [1.165, 1.54) is 0 Å². The molecule has 0 spiro atoms. The van der Waals surface area contributed by atoms with Gasteiger partial charge < -0.3 is 14.8 Å². The quantitative estimate of drug-likeness (QED) is 0.521. The Morgan fingerprint density at radius 3 is 2.41 bits per heavy atom. The maximum Gasteiger partial charge on any atom is 0.0700 e. The van der Waals surface area contributed by atoms with E-state index in [1.54, 1.807) is 7.11 Å². The van der Waals surface area contributed by atoms with Crippen molar-refractivity contribution in [1.82, 2.24) is 5.32 Å². The molecule has 0 aliphatic heterocycles. The minimum Gasteiger partial charge on any atom is -0.382 e. The second-order valence-corrected chi connectivity index (χ2v) is 5.14. The predicted molar refractivity (Wildman–Crippen MR) is 72.0 cm³/mol. The van der Waals surface area contributed by atoms with Crippen LogP contribution in [0.1, 0.15) is 33.6 Å². The lowest BCUT2D eigenvalue weighted by molar-refractivity contribution is 0.0663. The number of nitrogens with one attached hydrogen (secondary N) is 1. The molecule has 0 aromatic heterocycles. The number of hydrogen-bond acceptors (Lipinski definition) is 3. The van der Waals surface area contributed by atoms with Gasteiger partial charge in [-0.1, -0.05) is 5.92 Å². The lowest BCUT2D eigenvalue weighted by atomic mass is 9.97. The third-order valence-electron chi connectivity index (χ3n) is 2.26. The van der Waals surface area contributed by atoms with Crippen molar-refractivity contribution in [2.75, 3.05) is 34.0 Å². The van der Waals surface area contributed by atoms with Crippen molar-refractivity contribution < 1.29 is 9.47 Å². The average Bonchev–Trinajstić information content (AvgIpc) is 2.25. The summed E-state index contributed by atoms with van der Waals surface area (Å²) in [6.07, 6.45) is 1.86. The summed E-state index contributed by atoms with van der Waals surface area (Å²) in [5.74, 6) is 6.48. The fraction of sp³-hybridized carbons (Fsp3) is 0.857. The molecule has 0 radical (unpaired) electrons. The van der Waals surface area contributed by atoms with Gasteiger partial charge >= 0.3 is 0 Å². The van der Waals surface area contributed by atoms with E-state index in [0.717, 1.165) is 19.4 Å². The van der Waals surface area contributed by atoms with Crippen molar-refractivity contribution in [3.63, 3.8) is 0 Å². The Hall–Kier alpha value is -0.560. The third kappa shape index (κ3) is 11.7. The van der Waals surface area contributed by atoms with E-state index in [4.69, 9.17) is 9.47 Å². The second kappa shape index (κ2) is 9.47. The molecule has 0 aliphatic rings. The first-order valence-corrected chi connectivity index (χ1v) is 6.23. The molecule has 0 rings (SSSR count). The predicted octanol–water partition coefficient (Wildman–Crippen LogP) is 2.07. The number of rotatable bonds is 8. The Morgan fingerprint density at radius 2 is 1.88 bits per heavy atom. The lowest BCUT2D eigenvalue weighted by Gasteiger charge is -2.13. The second-order valence-electron chi connectivity index (χ2n) is 5.14. The molecule has 3 heteroatoms. The Morgan fingerprint density at radius 1 is 1.18 bits per heavy atom. The summed E-state index contributed by atoms with van der Waals surface area (Å²) in [7, 11) is 3.65. The third-order valence-corrected chi connectivity index (χ3v) is 2.26. The van der Waals surface area contributed by atoms with Crippen LogP contribution in [0.2, 0.25) is 0 Å². The highest BCUT2D eigenvalue weighted by molar-refractivity contribution is 5.08. The number of ether oxygens (including phenoxy) is 2. The summed E-state index contributed by atoms with van der Waals surface area (Å²) < 4.78 is 10.4. The average molecular weight is 241 g/mol. The van der Waals surface area contributed by atoms with Crippen LogP contribution < -0.4 is 5.32 Å². The maximum absolute atomic E-state index is 5.44. The van der Waals surface area contributed by atoms with Gasteiger partial charge in [0.25, 0.3) is 0 Å². The number of hydrogen-bond donors (Lipinski definition) is 1. The van der Waals surface area contributed by atoms with Crippen LogP contribution in [0, 0.1) is 17.3 Å². The van der Waals surface area contributed by atoms with Crippen LogP contribution in [0.15, 0.2) is 0 Å². The van der Waals surface area contributed by atoms with Gasteiger partial charge in [-0.05, 0) is 34.2 Å². The van der Waals surface area contributed by atoms with E-state index in [0.29, 0.717) is 19.3 Å². The fourth-order valence-corrected chi connectivity index (χ4v) is 1.26. The van der Waals surface area contributed by atoms with E-state index in [2.05, 4.69) is 37.9 Å². The molecule has 3 nitrogen and oxygen atoms in total. The van der Waals surface area contributed by atoms with Gasteiger partial charge in [0.15, 0.2) is 0 Å². The van der Waals surface area contributed by atoms with Gasteiger partial charge in [0.1, 0.15) is 0 Å². The first kappa shape index (κ1) is 16.4. The summed E-state index contributed by atoms with van der Waals surface area (Å²) >= 11 is 0.